The van der Waals surface area contributed by atoms with Gasteiger partial charge in [-0.05, 0) is 37.0 Å². The topological polar surface area (TPSA) is 93.4 Å². The smallest absolute Gasteiger partial charge is 0.323 e. The van der Waals surface area contributed by atoms with Crippen molar-refractivity contribution in [3.05, 3.63) is 28.8 Å². The van der Waals surface area contributed by atoms with E-state index in [9.17, 15) is 9.59 Å². The zero-order chi connectivity index (χ0) is 15.4. The number of carboxylic acids is 1. The monoisotopic (exact) mass is 307 g/mol. The fraction of sp³-hybridized carbons (Fsp3) is 0.357. The summed E-state index contributed by atoms with van der Waals surface area (Å²) >= 11 is 5.85. The van der Waals surface area contributed by atoms with Gasteiger partial charge in [0.15, 0.2) is 0 Å². The number of nitrogens with one attached hydrogen (secondary N) is 1. The van der Waals surface area contributed by atoms with E-state index in [2.05, 4.69) is 5.32 Å². The van der Waals surface area contributed by atoms with Gasteiger partial charge < -0.3 is 15.3 Å². The largest absolute Gasteiger partial charge is 0.480 e. The van der Waals surface area contributed by atoms with Crippen LogP contribution in [0.5, 0.6) is 0 Å². The summed E-state index contributed by atoms with van der Waals surface area (Å²) < 4.78 is 0. The summed E-state index contributed by atoms with van der Waals surface area (Å²) in [7, 11) is 0. The predicted molar refractivity (Wildman–Crippen MR) is 77.1 cm³/mol. The van der Waals surface area contributed by atoms with Gasteiger partial charge in [-0.3, -0.25) is 4.79 Å². The van der Waals surface area contributed by atoms with Crippen LogP contribution in [0.15, 0.2) is 18.2 Å². The molecule has 1 aromatic carbocycles. The Kier molecular flexibility index (Phi) is 4.66. The van der Waals surface area contributed by atoms with E-state index >= 15 is 0 Å². The summed E-state index contributed by atoms with van der Waals surface area (Å²) in [5, 5.41) is 20.8. The van der Waals surface area contributed by atoms with Crippen LogP contribution in [0.1, 0.15) is 18.4 Å². The van der Waals surface area contributed by atoms with Gasteiger partial charge in [0.1, 0.15) is 12.6 Å². The van der Waals surface area contributed by atoms with Gasteiger partial charge in [0, 0.05) is 11.6 Å². The fourth-order valence-corrected chi connectivity index (χ4v) is 2.08. The maximum absolute atomic E-state index is 12.2. The minimum atomic E-state index is -1.07. The summed E-state index contributed by atoms with van der Waals surface area (Å²) in [6.07, 6.45) is 2.01. The number of urea groups is 1. The van der Waals surface area contributed by atoms with Crippen molar-refractivity contribution in [3.8, 4) is 6.07 Å². The Balaban J connectivity index is 2.12. The van der Waals surface area contributed by atoms with Crippen LogP contribution in [0.4, 0.5) is 10.5 Å². The minimum absolute atomic E-state index is 0.273. The van der Waals surface area contributed by atoms with E-state index in [-0.39, 0.29) is 17.8 Å². The van der Waals surface area contributed by atoms with Crippen molar-refractivity contribution in [2.24, 2.45) is 5.92 Å². The minimum Gasteiger partial charge on any atom is -0.480 e. The summed E-state index contributed by atoms with van der Waals surface area (Å²) in [6, 6.07) is 5.93. The summed E-state index contributed by atoms with van der Waals surface area (Å²) in [4.78, 5) is 24.3. The van der Waals surface area contributed by atoms with Gasteiger partial charge >= 0.3 is 12.0 Å². The molecule has 1 aromatic rings. The van der Waals surface area contributed by atoms with E-state index in [4.69, 9.17) is 22.0 Å². The molecule has 2 rings (SSSR count). The second kappa shape index (κ2) is 6.46. The van der Waals surface area contributed by atoms with Gasteiger partial charge in [-0.15, -0.1) is 0 Å². The quantitative estimate of drug-likeness (QED) is 0.874. The van der Waals surface area contributed by atoms with Crippen molar-refractivity contribution in [2.75, 3.05) is 18.4 Å². The Morgan fingerprint density at radius 2 is 2.19 bits per heavy atom. The van der Waals surface area contributed by atoms with Crippen molar-refractivity contribution in [3.63, 3.8) is 0 Å². The van der Waals surface area contributed by atoms with Crippen LogP contribution in [0.3, 0.4) is 0 Å². The number of hydrogen-bond acceptors (Lipinski definition) is 3. The van der Waals surface area contributed by atoms with E-state index in [0.29, 0.717) is 17.5 Å². The molecule has 6 nitrogen and oxygen atoms in total. The number of hydrogen-bond donors (Lipinski definition) is 2. The molecule has 0 radical (unpaired) electrons. The van der Waals surface area contributed by atoms with Crippen molar-refractivity contribution in [2.45, 2.75) is 12.8 Å². The summed E-state index contributed by atoms with van der Waals surface area (Å²) in [5.74, 6) is -0.706. The second-order valence-electron chi connectivity index (χ2n) is 4.95. The standard InChI is InChI=1S/C14H14ClN3O3/c15-11-4-3-10(6-16)12(5-11)17-14(21)18(8-13(19)20)7-9-1-2-9/h3-5,9H,1-2,7-8H2,(H,17,21)(H,19,20). The van der Waals surface area contributed by atoms with Crippen LogP contribution in [0.25, 0.3) is 0 Å². The van der Waals surface area contributed by atoms with Crippen LogP contribution in [-0.4, -0.2) is 35.1 Å². The number of carbonyl (C=O) groups is 2. The van der Waals surface area contributed by atoms with Crippen LogP contribution in [0, 0.1) is 17.2 Å². The number of anilines is 1. The predicted octanol–water partition coefficient (Wildman–Crippen LogP) is 2.54. The SMILES string of the molecule is N#Cc1ccc(Cl)cc1NC(=O)N(CC(=O)O)CC1CC1. The first-order chi connectivity index (χ1) is 9.99. The number of carboxylic acid groups (broad SMARTS) is 1. The molecule has 1 fully saturated rings. The van der Waals surface area contributed by atoms with Crippen LogP contribution in [-0.2, 0) is 4.79 Å². The number of carbonyl (C=O) groups excluding carboxylic acids is 1. The van der Waals surface area contributed by atoms with Gasteiger partial charge in [-0.1, -0.05) is 11.6 Å². The number of nitriles is 1. The first-order valence-corrected chi connectivity index (χ1v) is 6.84. The van der Waals surface area contributed by atoms with Crippen molar-refractivity contribution in [1.82, 2.24) is 4.90 Å². The molecule has 2 amide bonds. The average Bonchev–Trinajstić information content (AvgIpc) is 3.21. The third-order valence-electron chi connectivity index (χ3n) is 3.13. The molecule has 1 saturated carbocycles. The highest BCUT2D eigenvalue weighted by Crippen LogP contribution is 2.30. The van der Waals surface area contributed by atoms with Crippen molar-refractivity contribution >= 4 is 29.3 Å². The lowest BCUT2D eigenvalue weighted by molar-refractivity contribution is -0.137. The Bertz CT molecular complexity index is 608. The Hall–Kier alpha value is -2.26. The molecule has 0 bridgehead atoms. The molecule has 1 aliphatic carbocycles. The van der Waals surface area contributed by atoms with Gasteiger partial charge in [-0.2, -0.15) is 5.26 Å². The highest BCUT2D eigenvalue weighted by atomic mass is 35.5. The summed E-state index contributed by atoms with van der Waals surface area (Å²) in [6.45, 7) is 0.0331. The molecular formula is C14H14ClN3O3. The zero-order valence-corrected chi connectivity index (χ0v) is 11.9. The normalized spacial score (nSPS) is 13.3. The fourth-order valence-electron chi connectivity index (χ4n) is 1.91. The third-order valence-corrected chi connectivity index (χ3v) is 3.37. The molecule has 0 spiro atoms. The first-order valence-electron chi connectivity index (χ1n) is 6.47. The Labute approximate surface area is 126 Å². The van der Waals surface area contributed by atoms with E-state index in [1.54, 1.807) is 6.07 Å². The van der Waals surface area contributed by atoms with E-state index in [0.717, 1.165) is 12.8 Å². The molecule has 110 valence electrons. The number of rotatable bonds is 5. The molecular weight excluding hydrogens is 294 g/mol. The van der Waals surface area contributed by atoms with Crippen LogP contribution < -0.4 is 5.32 Å². The van der Waals surface area contributed by atoms with Crippen molar-refractivity contribution in [1.29, 1.82) is 5.26 Å². The lowest BCUT2D eigenvalue weighted by Crippen LogP contribution is -2.40. The molecule has 0 saturated heterocycles. The molecule has 0 aromatic heterocycles. The average molecular weight is 308 g/mol. The van der Waals surface area contributed by atoms with Gasteiger partial charge in [0.2, 0.25) is 0 Å². The number of aliphatic carboxylic acids is 1. The van der Waals surface area contributed by atoms with E-state index in [1.165, 1.54) is 17.0 Å². The van der Waals surface area contributed by atoms with Gasteiger partial charge in [0.05, 0.1) is 11.3 Å². The molecule has 2 N–H and O–H groups in total. The molecule has 21 heavy (non-hydrogen) atoms. The number of halogens is 1. The second-order valence-corrected chi connectivity index (χ2v) is 5.39. The highest BCUT2D eigenvalue weighted by Gasteiger charge is 2.28. The zero-order valence-electron chi connectivity index (χ0n) is 11.2. The number of amides is 2. The van der Waals surface area contributed by atoms with E-state index in [1.807, 2.05) is 6.07 Å². The molecule has 0 unspecified atom stereocenters. The molecule has 0 aliphatic heterocycles. The number of benzene rings is 1. The van der Waals surface area contributed by atoms with Gasteiger partial charge in [-0.25, -0.2) is 4.79 Å². The van der Waals surface area contributed by atoms with Gasteiger partial charge in [0.25, 0.3) is 0 Å². The number of nitrogens with zero attached hydrogens (tertiary/aromatic N) is 2. The third kappa shape index (κ3) is 4.36. The van der Waals surface area contributed by atoms with Crippen molar-refractivity contribution < 1.29 is 14.7 Å². The lowest BCUT2D eigenvalue weighted by Gasteiger charge is -2.21. The van der Waals surface area contributed by atoms with Crippen LogP contribution in [0.2, 0.25) is 5.02 Å². The maximum Gasteiger partial charge on any atom is 0.323 e. The van der Waals surface area contributed by atoms with Crippen LogP contribution >= 0.6 is 11.6 Å². The molecule has 7 heteroatoms. The molecule has 0 atom stereocenters. The Morgan fingerprint density at radius 1 is 1.48 bits per heavy atom. The highest BCUT2D eigenvalue weighted by molar-refractivity contribution is 6.31. The lowest BCUT2D eigenvalue weighted by atomic mass is 10.2. The van der Waals surface area contributed by atoms with E-state index < -0.39 is 12.0 Å². The maximum atomic E-state index is 12.2. The molecule has 0 heterocycles. The summed E-state index contributed by atoms with van der Waals surface area (Å²) in [5.41, 5.74) is 0.552. The Morgan fingerprint density at radius 3 is 2.76 bits per heavy atom. The first kappa shape index (κ1) is 15.1. The molecule has 1 aliphatic rings.